The molecule has 1 aromatic carbocycles. The molecule has 2 aromatic heterocycles. The summed E-state index contributed by atoms with van der Waals surface area (Å²) in [6.07, 6.45) is 6.38. The Kier molecular flexibility index (Phi) is 4.31. The van der Waals surface area contributed by atoms with Crippen LogP contribution in [0, 0.1) is 0 Å². The van der Waals surface area contributed by atoms with Crippen LogP contribution in [0.2, 0.25) is 0 Å². The Bertz CT molecular complexity index is 990. The van der Waals surface area contributed by atoms with Crippen LogP contribution >= 0.6 is 0 Å². The van der Waals surface area contributed by atoms with Crippen LogP contribution in [-0.4, -0.2) is 30.1 Å². The van der Waals surface area contributed by atoms with Gasteiger partial charge in [-0.05, 0) is 54.7 Å². The summed E-state index contributed by atoms with van der Waals surface area (Å²) in [7, 11) is 3.13. The van der Waals surface area contributed by atoms with Crippen molar-refractivity contribution in [2.75, 3.05) is 14.2 Å². The molecule has 0 radical (unpaired) electrons. The van der Waals surface area contributed by atoms with Crippen LogP contribution in [0.1, 0.15) is 40.2 Å². The first-order chi connectivity index (χ1) is 12.7. The number of hydrogen-bond donors (Lipinski definition) is 0. The largest absolute Gasteiger partial charge is 0.465 e. The quantitative estimate of drug-likeness (QED) is 0.661. The zero-order valence-corrected chi connectivity index (χ0v) is 14.9. The van der Waals surface area contributed by atoms with Gasteiger partial charge in [-0.25, -0.2) is 10.0 Å². The van der Waals surface area contributed by atoms with Gasteiger partial charge in [-0.1, -0.05) is 18.2 Å². The molecule has 0 atom stereocenters. The lowest BCUT2D eigenvalue weighted by molar-refractivity contribution is -0.0756. The molecule has 1 amide bonds. The number of para-hydroxylation sites is 1. The molecular formula is C21H20N2O3. The normalized spacial score (nSPS) is 15.2. The molecule has 4 rings (SSSR count). The molecular weight excluding hydrogens is 328 g/mol. The number of aromatic nitrogens is 1. The average molecular weight is 348 g/mol. The van der Waals surface area contributed by atoms with Crippen molar-refractivity contribution in [3.63, 3.8) is 0 Å². The summed E-state index contributed by atoms with van der Waals surface area (Å²) < 4.78 is 5.47. The molecule has 0 bridgehead atoms. The third-order valence-electron chi connectivity index (χ3n) is 4.80. The molecule has 0 saturated carbocycles. The van der Waals surface area contributed by atoms with Crippen LogP contribution in [0.4, 0.5) is 0 Å². The topological polar surface area (TPSA) is 55.6 Å². The van der Waals surface area contributed by atoms with E-state index in [0.717, 1.165) is 52.8 Å². The molecule has 0 fully saturated rings. The monoisotopic (exact) mass is 348 g/mol. The van der Waals surface area contributed by atoms with E-state index in [2.05, 4.69) is 0 Å². The molecule has 1 aliphatic rings. The lowest BCUT2D eigenvalue weighted by Gasteiger charge is -2.24. The fourth-order valence-corrected chi connectivity index (χ4v) is 3.50. The number of hydroxylamine groups is 2. The molecule has 2 heterocycles. The Morgan fingerprint density at radius 3 is 2.85 bits per heavy atom. The van der Waals surface area contributed by atoms with E-state index in [-0.39, 0.29) is 5.91 Å². The molecule has 3 aromatic rings. The maximum absolute atomic E-state index is 13.0. The Morgan fingerprint density at radius 2 is 2.08 bits per heavy atom. The van der Waals surface area contributed by atoms with Gasteiger partial charge in [0.25, 0.3) is 5.91 Å². The van der Waals surface area contributed by atoms with Crippen LogP contribution in [0.5, 0.6) is 0 Å². The van der Waals surface area contributed by atoms with Crippen molar-refractivity contribution in [3.05, 3.63) is 65.2 Å². The van der Waals surface area contributed by atoms with E-state index in [1.807, 2.05) is 42.5 Å². The van der Waals surface area contributed by atoms with Gasteiger partial charge >= 0.3 is 0 Å². The third-order valence-corrected chi connectivity index (χ3v) is 4.80. The number of carbonyl (C=O) groups is 1. The van der Waals surface area contributed by atoms with E-state index in [1.165, 1.54) is 12.2 Å². The molecule has 0 unspecified atom stereocenters. The van der Waals surface area contributed by atoms with Crippen molar-refractivity contribution in [1.29, 1.82) is 0 Å². The molecule has 0 spiro atoms. The van der Waals surface area contributed by atoms with Gasteiger partial charge in [0.2, 0.25) is 0 Å². The standard InChI is InChI=1S/C21H20N2O3/c1-23(25-2)21(24)19-16-9-3-4-11-18(16)22-20-14(7-5-10-17(19)20)13-15-8-6-12-26-15/h3-4,6,8-9,11-13H,5,7,10H2,1-2H3. The minimum Gasteiger partial charge on any atom is -0.465 e. The van der Waals surface area contributed by atoms with Crippen molar-refractivity contribution in [3.8, 4) is 0 Å². The van der Waals surface area contributed by atoms with Gasteiger partial charge in [-0.3, -0.25) is 9.63 Å². The number of amides is 1. The van der Waals surface area contributed by atoms with Crippen molar-refractivity contribution in [2.45, 2.75) is 19.3 Å². The number of carbonyl (C=O) groups excluding carboxylic acids is 1. The summed E-state index contributed by atoms with van der Waals surface area (Å²) in [5, 5.41) is 2.13. The molecule has 5 heteroatoms. The first-order valence-corrected chi connectivity index (χ1v) is 8.67. The molecule has 0 N–H and O–H groups in total. The van der Waals surface area contributed by atoms with Crippen molar-refractivity contribution in [1.82, 2.24) is 10.0 Å². The van der Waals surface area contributed by atoms with Gasteiger partial charge in [0.1, 0.15) is 5.76 Å². The molecule has 0 aliphatic heterocycles. The predicted molar refractivity (Wildman–Crippen MR) is 100 cm³/mol. The number of fused-ring (bicyclic) bond motifs is 2. The SMILES string of the molecule is CON(C)C(=O)c1c2c(nc3ccccc13)C(=Cc1ccco1)CCC2. The van der Waals surface area contributed by atoms with Crippen LogP contribution in [0.25, 0.3) is 22.6 Å². The Morgan fingerprint density at radius 1 is 1.23 bits per heavy atom. The van der Waals surface area contributed by atoms with E-state index in [4.69, 9.17) is 14.2 Å². The number of allylic oxidation sites excluding steroid dienone is 1. The summed E-state index contributed by atoms with van der Waals surface area (Å²) in [5.41, 5.74) is 4.47. The predicted octanol–water partition coefficient (Wildman–Crippen LogP) is 4.34. The maximum Gasteiger partial charge on any atom is 0.278 e. The lowest BCUT2D eigenvalue weighted by Crippen LogP contribution is -2.28. The van der Waals surface area contributed by atoms with E-state index in [0.29, 0.717) is 5.56 Å². The number of pyridine rings is 1. The van der Waals surface area contributed by atoms with Gasteiger partial charge in [-0.15, -0.1) is 0 Å². The molecule has 0 saturated heterocycles. The summed E-state index contributed by atoms with van der Waals surface area (Å²) in [6.45, 7) is 0. The van der Waals surface area contributed by atoms with Gasteiger partial charge in [-0.2, -0.15) is 0 Å². The molecule has 132 valence electrons. The number of furan rings is 1. The highest BCUT2D eigenvalue weighted by Crippen LogP contribution is 2.36. The minimum atomic E-state index is -0.151. The van der Waals surface area contributed by atoms with Crippen molar-refractivity contribution >= 4 is 28.5 Å². The summed E-state index contributed by atoms with van der Waals surface area (Å²) in [4.78, 5) is 23.1. The summed E-state index contributed by atoms with van der Waals surface area (Å²) in [5.74, 6) is 0.645. The Labute approximate surface area is 151 Å². The van der Waals surface area contributed by atoms with Crippen LogP contribution in [0.15, 0.2) is 47.1 Å². The first-order valence-electron chi connectivity index (χ1n) is 8.67. The van der Waals surface area contributed by atoms with Gasteiger partial charge < -0.3 is 4.42 Å². The highest BCUT2D eigenvalue weighted by Gasteiger charge is 2.26. The van der Waals surface area contributed by atoms with E-state index >= 15 is 0 Å². The number of nitrogens with zero attached hydrogens (tertiary/aromatic N) is 2. The average Bonchev–Trinajstić information content (AvgIpc) is 3.18. The zero-order valence-electron chi connectivity index (χ0n) is 14.9. The molecule has 5 nitrogen and oxygen atoms in total. The Balaban J connectivity index is 1.97. The Hall–Kier alpha value is -2.92. The van der Waals surface area contributed by atoms with E-state index in [9.17, 15) is 4.79 Å². The van der Waals surface area contributed by atoms with Crippen molar-refractivity contribution < 1.29 is 14.0 Å². The van der Waals surface area contributed by atoms with Gasteiger partial charge in [0.05, 0.1) is 30.1 Å². The fourth-order valence-electron chi connectivity index (χ4n) is 3.50. The summed E-state index contributed by atoms with van der Waals surface area (Å²) >= 11 is 0. The third kappa shape index (κ3) is 2.80. The minimum absolute atomic E-state index is 0.151. The molecule has 1 aliphatic carbocycles. The van der Waals surface area contributed by atoms with Crippen LogP contribution in [-0.2, 0) is 11.3 Å². The first kappa shape index (κ1) is 16.5. The smallest absolute Gasteiger partial charge is 0.278 e. The van der Waals surface area contributed by atoms with Gasteiger partial charge in [0, 0.05) is 12.4 Å². The van der Waals surface area contributed by atoms with Crippen molar-refractivity contribution in [2.24, 2.45) is 0 Å². The second kappa shape index (κ2) is 6.77. The van der Waals surface area contributed by atoms with Crippen LogP contribution < -0.4 is 0 Å². The second-order valence-electron chi connectivity index (χ2n) is 6.35. The highest BCUT2D eigenvalue weighted by molar-refractivity contribution is 6.08. The van der Waals surface area contributed by atoms with E-state index < -0.39 is 0 Å². The van der Waals surface area contributed by atoms with E-state index in [1.54, 1.807) is 13.3 Å². The van der Waals surface area contributed by atoms with Crippen LogP contribution in [0.3, 0.4) is 0 Å². The number of hydrogen-bond acceptors (Lipinski definition) is 4. The number of benzene rings is 1. The lowest BCUT2D eigenvalue weighted by atomic mass is 9.86. The summed E-state index contributed by atoms with van der Waals surface area (Å²) in [6, 6.07) is 11.6. The maximum atomic E-state index is 13.0. The second-order valence-corrected chi connectivity index (χ2v) is 6.35. The fraction of sp³-hybridized carbons (Fsp3) is 0.238. The zero-order chi connectivity index (χ0) is 18.1. The molecule has 26 heavy (non-hydrogen) atoms. The number of rotatable bonds is 3. The van der Waals surface area contributed by atoms with Gasteiger partial charge in [0.15, 0.2) is 0 Å². The highest BCUT2D eigenvalue weighted by atomic mass is 16.7.